The molecule has 0 aromatic heterocycles. The Bertz CT molecular complexity index is 134. The molecule has 1 saturated carbocycles. The summed E-state index contributed by atoms with van der Waals surface area (Å²) in [6, 6.07) is 0. The second-order valence-electron chi connectivity index (χ2n) is 4.50. The molecular formula is C12H25NO. The molecule has 0 aromatic carbocycles. The molecule has 1 aliphatic rings. The van der Waals surface area contributed by atoms with E-state index in [2.05, 4.69) is 6.92 Å². The third kappa shape index (κ3) is 3.58. The molecule has 0 heterocycles. The van der Waals surface area contributed by atoms with Crippen LogP contribution in [0.1, 0.15) is 58.3 Å². The van der Waals surface area contributed by atoms with Gasteiger partial charge in [0.05, 0.1) is 5.60 Å². The van der Waals surface area contributed by atoms with Gasteiger partial charge in [-0.15, -0.1) is 0 Å². The summed E-state index contributed by atoms with van der Waals surface area (Å²) in [5, 5.41) is 0. The third-order valence-electron chi connectivity index (χ3n) is 3.25. The quantitative estimate of drug-likeness (QED) is 0.755. The Labute approximate surface area is 88.2 Å². The molecule has 14 heavy (non-hydrogen) atoms. The maximum Gasteiger partial charge on any atom is 0.0804 e. The molecule has 1 rings (SSSR count). The van der Waals surface area contributed by atoms with Crippen molar-refractivity contribution < 1.29 is 4.74 Å². The number of rotatable bonds is 4. The molecule has 0 atom stereocenters. The first kappa shape index (κ1) is 12.0. The van der Waals surface area contributed by atoms with Crippen LogP contribution in [0.25, 0.3) is 0 Å². The van der Waals surface area contributed by atoms with E-state index < -0.39 is 0 Å². The Morgan fingerprint density at radius 1 is 1.07 bits per heavy atom. The van der Waals surface area contributed by atoms with Crippen LogP contribution in [0.15, 0.2) is 0 Å². The molecular weight excluding hydrogens is 174 g/mol. The van der Waals surface area contributed by atoms with Crippen molar-refractivity contribution >= 4 is 0 Å². The molecule has 0 spiro atoms. The van der Waals surface area contributed by atoms with Crippen molar-refractivity contribution in [3.05, 3.63) is 0 Å². The Morgan fingerprint density at radius 2 is 1.64 bits per heavy atom. The lowest BCUT2D eigenvalue weighted by Crippen LogP contribution is -2.41. The van der Waals surface area contributed by atoms with E-state index in [0.717, 1.165) is 13.0 Å². The molecule has 2 N–H and O–H groups in total. The van der Waals surface area contributed by atoms with Crippen molar-refractivity contribution in [1.82, 2.24) is 0 Å². The van der Waals surface area contributed by atoms with E-state index in [1.54, 1.807) is 0 Å². The molecule has 84 valence electrons. The molecule has 0 amide bonds. The molecule has 0 radical (unpaired) electrons. The first-order valence-electron chi connectivity index (χ1n) is 6.17. The van der Waals surface area contributed by atoms with Gasteiger partial charge in [0.15, 0.2) is 0 Å². The van der Waals surface area contributed by atoms with E-state index in [9.17, 15) is 0 Å². The summed E-state index contributed by atoms with van der Waals surface area (Å²) in [6.07, 6.45) is 10.1. The van der Waals surface area contributed by atoms with Gasteiger partial charge >= 0.3 is 0 Å². The fourth-order valence-corrected chi connectivity index (χ4v) is 2.28. The molecule has 0 saturated heterocycles. The van der Waals surface area contributed by atoms with Gasteiger partial charge in [-0.25, -0.2) is 0 Å². The largest absolute Gasteiger partial charge is 0.374 e. The lowest BCUT2D eigenvalue weighted by Gasteiger charge is -2.34. The summed E-state index contributed by atoms with van der Waals surface area (Å²) in [5.41, 5.74) is 5.90. The number of nitrogens with two attached hydrogens (primary N) is 1. The molecule has 0 aliphatic heterocycles. The average molecular weight is 199 g/mol. The van der Waals surface area contributed by atoms with Gasteiger partial charge in [0.2, 0.25) is 0 Å². The molecule has 2 heteroatoms. The first-order valence-corrected chi connectivity index (χ1v) is 6.17. The third-order valence-corrected chi connectivity index (χ3v) is 3.25. The van der Waals surface area contributed by atoms with Crippen LogP contribution >= 0.6 is 0 Å². The highest BCUT2D eigenvalue weighted by molar-refractivity contribution is 4.83. The minimum Gasteiger partial charge on any atom is -0.374 e. The van der Waals surface area contributed by atoms with Crippen molar-refractivity contribution in [2.75, 3.05) is 13.2 Å². The van der Waals surface area contributed by atoms with Crippen LogP contribution in [0.4, 0.5) is 0 Å². The first-order chi connectivity index (χ1) is 6.83. The van der Waals surface area contributed by atoms with E-state index in [1.165, 1.54) is 44.9 Å². The SMILES string of the molecule is CCCOC1(CN)CCCCCCC1. The topological polar surface area (TPSA) is 35.2 Å². The van der Waals surface area contributed by atoms with Crippen molar-refractivity contribution in [3.8, 4) is 0 Å². The maximum absolute atomic E-state index is 5.98. The Morgan fingerprint density at radius 3 is 2.14 bits per heavy atom. The number of ether oxygens (including phenoxy) is 1. The zero-order chi connectivity index (χ0) is 10.3. The van der Waals surface area contributed by atoms with E-state index in [4.69, 9.17) is 10.5 Å². The Balaban J connectivity index is 2.44. The van der Waals surface area contributed by atoms with Gasteiger partial charge in [-0.2, -0.15) is 0 Å². The van der Waals surface area contributed by atoms with Crippen LogP contribution in [0.2, 0.25) is 0 Å². The van der Waals surface area contributed by atoms with Gasteiger partial charge in [-0.3, -0.25) is 0 Å². The summed E-state index contributed by atoms with van der Waals surface area (Å²) in [4.78, 5) is 0. The van der Waals surface area contributed by atoms with Crippen molar-refractivity contribution in [3.63, 3.8) is 0 Å². The standard InChI is InChI=1S/C12H25NO/c1-2-10-14-12(11-13)8-6-4-3-5-7-9-12/h2-11,13H2,1H3. The van der Waals surface area contributed by atoms with E-state index >= 15 is 0 Å². The minimum atomic E-state index is 0.0242. The summed E-state index contributed by atoms with van der Waals surface area (Å²) < 4.78 is 5.98. The molecule has 0 aromatic rings. The van der Waals surface area contributed by atoms with Crippen LogP contribution in [-0.4, -0.2) is 18.8 Å². The molecule has 1 fully saturated rings. The minimum absolute atomic E-state index is 0.0242. The Hall–Kier alpha value is -0.0800. The van der Waals surface area contributed by atoms with Crippen LogP contribution in [0.3, 0.4) is 0 Å². The predicted octanol–water partition coefficient (Wildman–Crippen LogP) is 2.85. The highest BCUT2D eigenvalue weighted by Crippen LogP contribution is 2.28. The summed E-state index contributed by atoms with van der Waals surface area (Å²) >= 11 is 0. The highest BCUT2D eigenvalue weighted by atomic mass is 16.5. The average Bonchev–Trinajstić information content (AvgIpc) is 2.18. The highest BCUT2D eigenvalue weighted by Gasteiger charge is 2.29. The van der Waals surface area contributed by atoms with Crippen molar-refractivity contribution in [2.24, 2.45) is 5.73 Å². The normalized spacial score (nSPS) is 22.7. The number of hydrogen-bond acceptors (Lipinski definition) is 2. The summed E-state index contributed by atoms with van der Waals surface area (Å²) in [5.74, 6) is 0. The van der Waals surface area contributed by atoms with Crippen molar-refractivity contribution in [2.45, 2.75) is 63.9 Å². The lowest BCUT2D eigenvalue weighted by molar-refractivity contribution is -0.0557. The van der Waals surface area contributed by atoms with Gasteiger partial charge in [0.1, 0.15) is 0 Å². The van der Waals surface area contributed by atoms with Gasteiger partial charge in [-0.1, -0.05) is 39.0 Å². The van der Waals surface area contributed by atoms with Gasteiger partial charge < -0.3 is 10.5 Å². The number of hydrogen-bond donors (Lipinski definition) is 1. The van der Waals surface area contributed by atoms with E-state index in [0.29, 0.717) is 6.54 Å². The maximum atomic E-state index is 5.98. The van der Waals surface area contributed by atoms with Gasteiger partial charge in [-0.05, 0) is 19.3 Å². The van der Waals surface area contributed by atoms with Crippen LogP contribution < -0.4 is 5.73 Å². The predicted molar refractivity (Wildman–Crippen MR) is 60.3 cm³/mol. The van der Waals surface area contributed by atoms with Crippen LogP contribution in [0, 0.1) is 0 Å². The van der Waals surface area contributed by atoms with E-state index in [-0.39, 0.29) is 5.60 Å². The zero-order valence-electron chi connectivity index (χ0n) is 9.56. The Kier molecular flexibility index (Phi) is 5.49. The molecule has 1 aliphatic carbocycles. The fraction of sp³-hybridized carbons (Fsp3) is 1.00. The lowest BCUT2D eigenvalue weighted by atomic mass is 9.87. The van der Waals surface area contributed by atoms with Gasteiger partial charge in [0, 0.05) is 13.2 Å². The van der Waals surface area contributed by atoms with Crippen LogP contribution in [0.5, 0.6) is 0 Å². The monoisotopic (exact) mass is 199 g/mol. The van der Waals surface area contributed by atoms with Gasteiger partial charge in [0.25, 0.3) is 0 Å². The summed E-state index contributed by atoms with van der Waals surface area (Å²) in [7, 11) is 0. The molecule has 0 unspecified atom stereocenters. The molecule has 0 bridgehead atoms. The zero-order valence-corrected chi connectivity index (χ0v) is 9.56. The second-order valence-corrected chi connectivity index (χ2v) is 4.50. The smallest absolute Gasteiger partial charge is 0.0804 e. The molecule has 2 nitrogen and oxygen atoms in total. The van der Waals surface area contributed by atoms with Crippen molar-refractivity contribution in [1.29, 1.82) is 0 Å². The fourth-order valence-electron chi connectivity index (χ4n) is 2.28. The summed E-state index contributed by atoms with van der Waals surface area (Å²) in [6.45, 7) is 3.73. The van der Waals surface area contributed by atoms with Crippen LogP contribution in [-0.2, 0) is 4.74 Å². The second kappa shape index (κ2) is 6.41. The van der Waals surface area contributed by atoms with E-state index in [1.807, 2.05) is 0 Å².